The van der Waals surface area contributed by atoms with Gasteiger partial charge in [0.1, 0.15) is 11.5 Å². The van der Waals surface area contributed by atoms with Crippen LogP contribution in [0, 0.1) is 6.92 Å². The van der Waals surface area contributed by atoms with E-state index in [1.54, 1.807) is 6.26 Å². The van der Waals surface area contributed by atoms with Gasteiger partial charge in [-0.2, -0.15) is 0 Å². The summed E-state index contributed by atoms with van der Waals surface area (Å²) >= 11 is 1.53. The van der Waals surface area contributed by atoms with E-state index in [1.165, 1.54) is 11.8 Å². The number of furan rings is 1. The molecule has 0 aliphatic rings. The molecule has 0 N–H and O–H groups in total. The van der Waals surface area contributed by atoms with Crippen LogP contribution in [0.15, 0.2) is 80.9 Å². The third-order valence-electron chi connectivity index (χ3n) is 5.60. The van der Waals surface area contributed by atoms with Crippen LogP contribution in [-0.4, -0.2) is 31.2 Å². The van der Waals surface area contributed by atoms with Gasteiger partial charge in [0.2, 0.25) is 5.89 Å². The van der Waals surface area contributed by atoms with Crippen LogP contribution < -0.4 is 4.74 Å². The average molecular weight is 484 g/mol. The van der Waals surface area contributed by atoms with Crippen molar-refractivity contribution in [2.45, 2.75) is 24.8 Å². The molecule has 0 aliphatic heterocycles. The van der Waals surface area contributed by atoms with E-state index in [4.69, 9.17) is 23.5 Å². The SMILES string of the molecule is CCOc1ccc(-c2nc(CSc3nnc4c5ccccc5nc(-c5ccco5)n34)c(C)o2)cc1. The van der Waals surface area contributed by atoms with Crippen LogP contribution in [0.3, 0.4) is 0 Å². The van der Waals surface area contributed by atoms with Gasteiger partial charge in [-0.25, -0.2) is 9.97 Å². The number of ether oxygens (including phenoxy) is 1. The minimum atomic E-state index is 0.567. The lowest BCUT2D eigenvalue weighted by atomic mass is 10.2. The van der Waals surface area contributed by atoms with Crippen LogP contribution in [0.25, 0.3) is 39.6 Å². The summed E-state index contributed by atoms with van der Waals surface area (Å²) in [6.07, 6.45) is 1.64. The van der Waals surface area contributed by atoms with Crippen molar-refractivity contribution in [3.63, 3.8) is 0 Å². The first kappa shape index (κ1) is 21.4. The molecule has 0 fully saturated rings. The van der Waals surface area contributed by atoms with Gasteiger partial charge in [-0.15, -0.1) is 10.2 Å². The van der Waals surface area contributed by atoms with E-state index >= 15 is 0 Å². The van der Waals surface area contributed by atoms with E-state index < -0.39 is 0 Å². The fourth-order valence-electron chi connectivity index (χ4n) is 3.90. The Hall–Kier alpha value is -4.11. The Balaban J connectivity index is 1.33. The fraction of sp³-hybridized carbons (Fsp3) is 0.154. The van der Waals surface area contributed by atoms with E-state index in [9.17, 15) is 0 Å². The number of aryl methyl sites for hydroxylation is 1. The first-order valence-electron chi connectivity index (χ1n) is 11.2. The third kappa shape index (κ3) is 3.93. The molecule has 0 saturated heterocycles. The quantitative estimate of drug-likeness (QED) is 0.248. The highest BCUT2D eigenvalue weighted by atomic mass is 32.2. The zero-order valence-corrected chi connectivity index (χ0v) is 20.0. The van der Waals surface area contributed by atoms with E-state index in [-0.39, 0.29) is 0 Å². The molecule has 9 heteroatoms. The molecule has 0 bridgehead atoms. The average Bonchev–Trinajstić information content (AvgIpc) is 3.64. The van der Waals surface area contributed by atoms with Crippen LogP contribution in [-0.2, 0) is 5.75 Å². The summed E-state index contributed by atoms with van der Waals surface area (Å²) in [7, 11) is 0. The highest BCUT2D eigenvalue weighted by Crippen LogP contribution is 2.32. The summed E-state index contributed by atoms with van der Waals surface area (Å²) in [6.45, 7) is 4.51. The normalized spacial score (nSPS) is 11.5. The molecule has 4 aromatic heterocycles. The van der Waals surface area contributed by atoms with E-state index in [2.05, 4.69) is 10.2 Å². The van der Waals surface area contributed by atoms with Gasteiger partial charge >= 0.3 is 0 Å². The van der Waals surface area contributed by atoms with Gasteiger partial charge in [0.25, 0.3) is 0 Å². The molecule has 0 radical (unpaired) electrons. The number of fused-ring (bicyclic) bond motifs is 3. The molecule has 2 aromatic carbocycles. The van der Waals surface area contributed by atoms with Crippen molar-refractivity contribution in [1.82, 2.24) is 24.6 Å². The summed E-state index contributed by atoms with van der Waals surface area (Å²) in [5.74, 6) is 4.04. The Morgan fingerprint density at radius 1 is 0.971 bits per heavy atom. The molecule has 0 aliphatic carbocycles. The molecule has 6 rings (SSSR count). The second-order valence-electron chi connectivity index (χ2n) is 7.84. The van der Waals surface area contributed by atoms with Crippen molar-refractivity contribution in [1.29, 1.82) is 0 Å². The van der Waals surface area contributed by atoms with E-state index in [1.807, 2.05) is 78.9 Å². The Bertz CT molecular complexity index is 1620. The summed E-state index contributed by atoms with van der Waals surface area (Å²) in [5.41, 5.74) is 3.32. The standard InChI is InChI=1S/C26H21N5O3S/c1-3-32-18-12-10-17(11-13-18)25-28-21(16(2)34-25)15-35-26-30-29-23-19-7-4-5-8-20(19)27-24(31(23)26)22-9-6-14-33-22/h4-14H,3,15H2,1-2H3. The number of aromatic nitrogens is 5. The second-order valence-corrected chi connectivity index (χ2v) is 8.78. The van der Waals surface area contributed by atoms with Gasteiger partial charge in [-0.1, -0.05) is 23.9 Å². The number of hydrogen-bond donors (Lipinski definition) is 0. The number of thioether (sulfide) groups is 1. The first-order chi connectivity index (χ1) is 17.2. The van der Waals surface area contributed by atoms with Crippen LogP contribution in [0.1, 0.15) is 18.4 Å². The molecular formula is C26H21N5O3S. The van der Waals surface area contributed by atoms with Gasteiger partial charge in [0.15, 0.2) is 22.4 Å². The molecular weight excluding hydrogens is 462 g/mol. The maximum absolute atomic E-state index is 5.96. The predicted octanol–water partition coefficient (Wildman–Crippen LogP) is 6.19. The molecule has 8 nitrogen and oxygen atoms in total. The molecule has 0 saturated carbocycles. The van der Waals surface area contributed by atoms with Crippen LogP contribution in [0.2, 0.25) is 0 Å². The number of rotatable bonds is 7. The van der Waals surface area contributed by atoms with E-state index in [0.29, 0.717) is 35.0 Å². The molecule has 6 aromatic rings. The smallest absolute Gasteiger partial charge is 0.226 e. The summed E-state index contributed by atoms with van der Waals surface area (Å²) in [4.78, 5) is 9.58. The summed E-state index contributed by atoms with van der Waals surface area (Å²) in [6, 6.07) is 19.4. The van der Waals surface area contributed by atoms with Gasteiger partial charge in [0, 0.05) is 16.7 Å². The zero-order valence-electron chi connectivity index (χ0n) is 19.1. The Morgan fingerprint density at radius 3 is 2.63 bits per heavy atom. The van der Waals surface area contributed by atoms with Gasteiger partial charge in [-0.3, -0.25) is 4.40 Å². The van der Waals surface area contributed by atoms with Crippen molar-refractivity contribution in [3.8, 4) is 28.8 Å². The summed E-state index contributed by atoms with van der Waals surface area (Å²) in [5, 5.41) is 10.6. The maximum Gasteiger partial charge on any atom is 0.226 e. The summed E-state index contributed by atoms with van der Waals surface area (Å²) < 4.78 is 19.1. The van der Waals surface area contributed by atoms with Crippen molar-refractivity contribution in [3.05, 3.63) is 78.4 Å². The Kier molecular flexibility index (Phi) is 5.46. The molecule has 0 spiro atoms. The number of nitrogens with zero attached hydrogens (tertiary/aromatic N) is 5. The van der Waals surface area contributed by atoms with Gasteiger partial charge in [-0.05, 0) is 62.4 Å². The van der Waals surface area contributed by atoms with Crippen molar-refractivity contribution >= 4 is 28.3 Å². The lowest BCUT2D eigenvalue weighted by molar-refractivity contribution is 0.340. The predicted molar refractivity (Wildman–Crippen MR) is 133 cm³/mol. The molecule has 0 atom stereocenters. The number of hydrogen-bond acceptors (Lipinski definition) is 8. The molecule has 174 valence electrons. The van der Waals surface area contributed by atoms with Gasteiger partial charge in [0.05, 0.1) is 24.1 Å². The van der Waals surface area contributed by atoms with Crippen LogP contribution in [0.5, 0.6) is 5.75 Å². The van der Waals surface area contributed by atoms with Crippen molar-refractivity contribution in [2.75, 3.05) is 6.61 Å². The highest BCUT2D eigenvalue weighted by Gasteiger charge is 2.19. The van der Waals surface area contributed by atoms with Crippen molar-refractivity contribution in [2.24, 2.45) is 0 Å². The molecule has 0 unspecified atom stereocenters. The Labute approximate surface area is 205 Å². The lowest BCUT2D eigenvalue weighted by Gasteiger charge is -2.07. The maximum atomic E-state index is 5.96. The molecule has 0 amide bonds. The fourth-order valence-corrected chi connectivity index (χ4v) is 4.84. The minimum absolute atomic E-state index is 0.567. The molecule has 35 heavy (non-hydrogen) atoms. The minimum Gasteiger partial charge on any atom is -0.494 e. The second kappa shape index (κ2) is 8.92. The Morgan fingerprint density at radius 2 is 1.83 bits per heavy atom. The van der Waals surface area contributed by atoms with Crippen LogP contribution in [0.4, 0.5) is 0 Å². The topological polar surface area (TPSA) is 91.5 Å². The number of para-hydroxylation sites is 1. The number of oxazole rings is 1. The zero-order chi connectivity index (χ0) is 23.8. The van der Waals surface area contributed by atoms with Crippen molar-refractivity contribution < 1.29 is 13.6 Å². The first-order valence-corrected chi connectivity index (χ1v) is 12.2. The van der Waals surface area contributed by atoms with E-state index in [0.717, 1.165) is 39.3 Å². The van der Waals surface area contributed by atoms with Crippen LogP contribution >= 0.6 is 11.8 Å². The third-order valence-corrected chi connectivity index (χ3v) is 6.54. The molecule has 4 heterocycles. The number of benzene rings is 2. The monoisotopic (exact) mass is 483 g/mol. The van der Waals surface area contributed by atoms with Gasteiger partial charge < -0.3 is 13.6 Å². The lowest BCUT2D eigenvalue weighted by Crippen LogP contribution is -1.99. The highest BCUT2D eigenvalue weighted by molar-refractivity contribution is 7.98. The largest absolute Gasteiger partial charge is 0.494 e.